The standard InChI is InChI=1S/C29H60/c1-5-7-9-11-13-14-15-16-17-18-19-20-21-23-25-27-29(4)28(3)26-24-22-12-10-8-6-2/h28-29H,5-27H2,1-4H3. The predicted octanol–water partition coefficient (Wildman–Crippen LogP) is 11.3. The molecule has 176 valence electrons. The lowest BCUT2D eigenvalue weighted by molar-refractivity contribution is 0.322. The molecule has 0 aliphatic rings. The molecule has 0 nitrogen and oxygen atoms in total. The Morgan fingerprint density at radius 3 is 0.759 bits per heavy atom. The predicted molar refractivity (Wildman–Crippen MR) is 136 cm³/mol. The maximum absolute atomic E-state index is 2.51. The van der Waals surface area contributed by atoms with Crippen molar-refractivity contribution in [3.63, 3.8) is 0 Å². The molecule has 0 rings (SSSR count). The molecular formula is C29H60. The summed E-state index contributed by atoms with van der Waals surface area (Å²) in [6.07, 6.45) is 33.7. The molecule has 0 heteroatoms. The Kier molecular flexibility index (Phi) is 24.3. The van der Waals surface area contributed by atoms with Crippen molar-refractivity contribution < 1.29 is 0 Å². The Bertz CT molecular complexity index is 282. The number of hydrogen-bond donors (Lipinski definition) is 0. The Labute approximate surface area is 187 Å². The lowest BCUT2D eigenvalue weighted by Crippen LogP contribution is -2.08. The maximum Gasteiger partial charge on any atom is -0.0417 e. The monoisotopic (exact) mass is 408 g/mol. The lowest BCUT2D eigenvalue weighted by atomic mass is 9.86. The van der Waals surface area contributed by atoms with Crippen molar-refractivity contribution in [3.8, 4) is 0 Å². The van der Waals surface area contributed by atoms with Gasteiger partial charge in [-0.05, 0) is 11.8 Å². The molecule has 0 amide bonds. The molecule has 0 radical (unpaired) electrons. The van der Waals surface area contributed by atoms with Gasteiger partial charge in [0.2, 0.25) is 0 Å². The fraction of sp³-hybridized carbons (Fsp3) is 1.00. The van der Waals surface area contributed by atoms with Gasteiger partial charge < -0.3 is 0 Å². The van der Waals surface area contributed by atoms with Gasteiger partial charge >= 0.3 is 0 Å². The van der Waals surface area contributed by atoms with E-state index in [1.165, 1.54) is 148 Å². The van der Waals surface area contributed by atoms with Crippen LogP contribution in [0, 0.1) is 11.8 Å². The molecular weight excluding hydrogens is 348 g/mol. The number of rotatable bonds is 24. The van der Waals surface area contributed by atoms with E-state index in [4.69, 9.17) is 0 Å². The Balaban J connectivity index is 3.24. The molecule has 0 N–H and O–H groups in total. The van der Waals surface area contributed by atoms with E-state index in [0.717, 1.165) is 11.8 Å². The molecule has 0 bridgehead atoms. The quantitative estimate of drug-likeness (QED) is 0.139. The fourth-order valence-electron chi connectivity index (χ4n) is 4.65. The SMILES string of the molecule is CCCCCCCCCCCCCCCCCC(C)C(C)CCCCCCCC. The van der Waals surface area contributed by atoms with Gasteiger partial charge in [0.25, 0.3) is 0 Å². The molecule has 29 heavy (non-hydrogen) atoms. The van der Waals surface area contributed by atoms with Crippen LogP contribution in [0.4, 0.5) is 0 Å². The van der Waals surface area contributed by atoms with Gasteiger partial charge in [-0.25, -0.2) is 0 Å². The summed E-state index contributed by atoms with van der Waals surface area (Å²) < 4.78 is 0. The molecule has 0 heterocycles. The van der Waals surface area contributed by atoms with Crippen molar-refractivity contribution in [2.24, 2.45) is 11.8 Å². The van der Waals surface area contributed by atoms with Crippen molar-refractivity contribution in [1.29, 1.82) is 0 Å². The first-order valence-corrected chi connectivity index (χ1v) is 14.2. The third-order valence-electron chi connectivity index (χ3n) is 7.25. The van der Waals surface area contributed by atoms with Crippen LogP contribution in [0.1, 0.15) is 175 Å². The van der Waals surface area contributed by atoms with Gasteiger partial charge in [0.15, 0.2) is 0 Å². The van der Waals surface area contributed by atoms with Gasteiger partial charge in [-0.2, -0.15) is 0 Å². The molecule has 0 aliphatic carbocycles. The van der Waals surface area contributed by atoms with E-state index in [1.807, 2.05) is 0 Å². The fourth-order valence-corrected chi connectivity index (χ4v) is 4.65. The van der Waals surface area contributed by atoms with Gasteiger partial charge in [0.1, 0.15) is 0 Å². The summed E-state index contributed by atoms with van der Waals surface area (Å²) in [5.41, 5.74) is 0. The molecule has 2 unspecified atom stereocenters. The summed E-state index contributed by atoms with van der Waals surface area (Å²) in [5, 5.41) is 0. The summed E-state index contributed by atoms with van der Waals surface area (Å²) in [4.78, 5) is 0. The molecule has 0 saturated heterocycles. The van der Waals surface area contributed by atoms with Crippen LogP contribution in [-0.4, -0.2) is 0 Å². The molecule has 0 fully saturated rings. The summed E-state index contributed by atoms with van der Waals surface area (Å²) in [6.45, 7) is 9.62. The van der Waals surface area contributed by atoms with E-state index in [-0.39, 0.29) is 0 Å². The van der Waals surface area contributed by atoms with Gasteiger partial charge in [-0.1, -0.05) is 175 Å². The Morgan fingerprint density at radius 1 is 0.310 bits per heavy atom. The summed E-state index contributed by atoms with van der Waals surface area (Å²) in [7, 11) is 0. The van der Waals surface area contributed by atoms with Crippen LogP contribution in [0.2, 0.25) is 0 Å². The third-order valence-corrected chi connectivity index (χ3v) is 7.25. The smallest absolute Gasteiger partial charge is 0.0417 e. The van der Waals surface area contributed by atoms with Crippen LogP contribution in [0.25, 0.3) is 0 Å². The van der Waals surface area contributed by atoms with Gasteiger partial charge in [-0.3, -0.25) is 0 Å². The van der Waals surface area contributed by atoms with Crippen LogP contribution in [0.15, 0.2) is 0 Å². The summed E-state index contributed by atoms with van der Waals surface area (Å²) >= 11 is 0. The van der Waals surface area contributed by atoms with E-state index in [1.54, 1.807) is 0 Å². The normalized spacial score (nSPS) is 13.7. The first-order chi connectivity index (χ1) is 14.2. The zero-order valence-electron chi connectivity index (χ0n) is 21.4. The largest absolute Gasteiger partial charge is 0.0654 e. The summed E-state index contributed by atoms with van der Waals surface area (Å²) in [5.74, 6) is 1.88. The van der Waals surface area contributed by atoms with Crippen LogP contribution < -0.4 is 0 Å². The number of unbranched alkanes of at least 4 members (excludes halogenated alkanes) is 19. The van der Waals surface area contributed by atoms with Gasteiger partial charge in [0.05, 0.1) is 0 Å². The lowest BCUT2D eigenvalue weighted by Gasteiger charge is -2.19. The topological polar surface area (TPSA) is 0 Å². The van der Waals surface area contributed by atoms with Crippen molar-refractivity contribution in [3.05, 3.63) is 0 Å². The van der Waals surface area contributed by atoms with Crippen LogP contribution in [-0.2, 0) is 0 Å². The van der Waals surface area contributed by atoms with Crippen LogP contribution in [0.5, 0.6) is 0 Å². The molecule has 0 saturated carbocycles. The zero-order valence-corrected chi connectivity index (χ0v) is 21.4. The van der Waals surface area contributed by atoms with E-state index in [0.29, 0.717) is 0 Å². The molecule has 0 aromatic rings. The molecule has 0 spiro atoms. The van der Waals surface area contributed by atoms with Gasteiger partial charge in [0, 0.05) is 0 Å². The molecule has 2 atom stereocenters. The van der Waals surface area contributed by atoms with Crippen LogP contribution >= 0.6 is 0 Å². The highest BCUT2D eigenvalue weighted by atomic mass is 14.2. The average molecular weight is 409 g/mol. The highest BCUT2D eigenvalue weighted by Gasteiger charge is 2.11. The highest BCUT2D eigenvalue weighted by molar-refractivity contribution is 4.63. The van der Waals surface area contributed by atoms with Crippen molar-refractivity contribution in [1.82, 2.24) is 0 Å². The second kappa shape index (κ2) is 24.3. The second-order valence-corrected chi connectivity index (χ2v) is 10.2. The molecule has 0 aliphatic heterocycles. The minimum atomic E-state index is 0.938. The van der Waals surface area contributed by atoms with Crippen molar-refractivity contribution in [2.45, 2.75) is 175 Å². The van der Waals surface area contributed by atoms with E-state index < -0.39 is 0 Å². The second-order valence-electron chi connectivity index (χ2n) is 10.2. The summed E-state index contributed by atoms with van der Waals surface area (Å²) in [6, 6.07) is 0. The Hall–Kier alpha value is 0. The van der Waals surface area contributed by atoms with E-state index >= 15 is 0 Å². The first kappa shape index (κ1) is 29.0. The van der Waals surface area contributed by atoms with E-state index in [2.05, 4.69) is 27.7 Å². The van der Waals surface area contributed by atoms with Crippen molar-refractivity contribution >= 4 is 0 Å². The highest BCUT2D eigenvalue weighted by Crippen LogP contribution is 2.24. The minimum Gasteiger partial charge on any atom is -0.0654 e. The molecule has 0 aromatic carbocycles. The van der Waals surface area contributed by atoms with Crippen molar-refractivity contribution in [2.75, 3.05) is 0 Å². The zero-order chi connectivity index (χ0) is 21.4. The minimum absolute atomic E-state index is 0.938. The third kappa shape index (κ3) is 22.5. The Morgan fingerprint density at radius 2 is 0.517 bits per heavy atom. The molecule has 0 aromatic heterocycles. The number of hydrogen-bond acceptors (Lipinski definition) is 0. The van der Waals surface area contributed by atoms with E-state index in [9.17, 15) is 0 Å². The average Bonchev–Trinajstić information content (AvgIpc) is 2.73. The maximum atomic E-state index is 2.51. The van der Waals surface area contributed by atoms with Gasteiger partial charge in [-0.15, -0.1) is 0 Å². The van der Waals surface area contributed by atoms with Crippen LogP contribution in [0.3, 0.4) is 0 Å². The first-order valence-electron chi connectivity index (χ1n) is 14.2.